The summed E-state index contributed by atoms with van der Waals surface area (Å²) < 4.78 is 12.9. The Hall–Kier alpha value is -11.4. The number of ether oxygens (including phenoxy) is 1. The molecule has 8 aromatic carbocycles. The maximum atomic E-state index is 12.9. The standard InChI is InChI=1S/C28H35N3O3.C27H35N3O.C26H30N4O.C25H31N3O/c1-20-9-11-21(12-10-20)22-13-14-23-18-26(28(33)34-3)31(25(23)17-22)19-27(32)29-15-16-30(2)24-7-5-4-6-8-24;1-3-29(25-7-5-4-6-8-25)18-16-28-27(31)20-30-17-15-23-13-14-24(19-26(23)30)22-11-9-21(2)10-12-22;1-29(24-5-3-2-4-6-24)16-14-28-26(31)19-30-15-13-22-11-12-23(17-25(22)30)21-9-7-20(18-27)8-10-21;1-19-3-5-21(6-4-19)23-8-7-22-11-15-28(24(22)17-23)18-25(29)26-12-16-27-13-9-20(2)10-14-27/h9-14,17-18,24H,4-8,15-16,19H2,1-3H3,(H,29,32);9-15,17,19,25H,3-8,16,18,20H2,1-2H3,(H,28,31);7-13,15,17,24H,2-6,14,16,19H2,1H3,(H,28,31);3-8,11,15,17,20H,9-10,12-14,16,18H2,1-2H3,(H,26,29). The summed E-state index contributed by atoms with van der Waals surface area (Å²) in [6.07, 6.45) is 28.2. The topological polar surface area (TPSA) is 199 Å². The van der Waals surface area contributed by atoms with E-state index in [1.54, 1.807) is 10.6 Å². The predicted octanol–water partition coefficient (Wildman–Crippen LogP) is 19.2. The van der Waals surface area contributed by atoms with E-state index in [0.29, 0.717) is 62.1 Å². The van der Waals surface area contributed by atoms with E-state index in [-0.39, 0.29) is 30.2 Å². The minimum Gasteiger partial charge on any atom is -0.464 e. The van der Waals surface area contributed by atoms with Gasteiger partial charge in [0.2, 0.25) is 23.6 Å². The molecule has 4 fully saturated rings. The third kappa shape index (κ3) is 25.7. The monoisotopic (exact) mass is 1680 g/mol. The number of rotatable bonds is 29. The minimum atomic E-state index is -0.446. The molecule has 3 saturated carbocycles. The number of likely N-dealkylation sites (N-methyl/N-ethyl adjacent to an activating group) is 3. The first-order valence-electron chi connectivity index (χ1n) is 46.0. The molecule has 0 bridgehead atoms. The van der Waals surface area contributed by atoms with E-state index < -0.39 is 5.97 Å². The Kier molecular flexibility index (Phi) is 33.2. The summed E-state index contributed by atoms with van der Waals surface area (Å²) in [6.45, 7) is 21.6. The Morgan fingerprint density at radius 3 is 1.13 bits per heavy atom. The molecule has 4 N–H and O–H groups in total. The normalized spacial score (nSPS) is 14.9. The van der Waals surface area contributed by atoms with E-state index in [1.165, 1.54) is 155 Å². The van der Waals surface area contributed by atoms with Gasteiger partial charge in [0.1, 0.15) is 31.9 Å². The highest BCUT2D eigenvalue weighted by Crippen LogP contribution is 2.33. The van der Waals surface area contributed by atoms with Gasteiger partial charge in [-0.3, -0.25) is 24.1 Å². The summed E-state index contributed by atoms with van der Waals surface area (Å²) in [4.78, 5) is 72.8. The third-order valence-corrected chi connectivity index (χ3v) is 26.2. The number of aryl methyl sites for hydroxylation is 3. The zero-order valence-electron chi connectivity index (χ0n) is 75.1. The summed E-state index contributed by atoms with van der Waals surface area (Å²) in [6, 6.07) is 70.5. The number of methoxy groups -OCH3 is 1. The van der Waals surface area contributed by atoms with Crippen LogP contribution < -0.4 is 21.3 Å². The number of benzene rings is 8. The van der Waals surface area contributed by atoms with Crippen molar-refractivity contribution in [2.75, 3.05) is 93.2 Å². The number of hydrogen-bond acceptors (Lipinski definition) is 11. The van der Waals surface area contributed by atoms with Gasteiger partial charge in [0, 0.05) is 117 Å². The average Bonchev–Trinajstić information content (AvgIpc) is 1.67. The van der Waals surface area contributed by atoms with E-state index in [9.17, 15) is 24.0 Å². The highest BCUT2D eigenvalue weighted by Gasteiger charge is 2.25. The largest absolute Gasteiger partial charge is 0.464 e. The molecule has 4 aromatic heterocycles. The molecule has 4 amide bonds. The Bertz CT molecular complexity index is 5550. The fourth-order valence-corrected chi connectivity index (χ4v) is 18.4. The molecular weight excluding hydrogens is 1550 g/mol. The molecular formula is C106H131N13O6. The third-order valence-electron chi connectivity index (χ3n) is 26.2. The number of amides is 4. The number of piperidine rings is 1. The molecule has 4 aliphatic rings. The molecule has 0 unspecified atom stereocenters. The molecule has 12 aromatic rings. The first-order valence-corrected chi connectivity index (χ1v) is 46.0. The number of carbonyl (C=O) groups excluding carboxylic acids is 5. The Labute approximate surface area is 740 Å². The molecule has 19 heteroatoms. The van der Waals surface area contributed by atoms with E-state index >= 15 is 0 Å². The number of nitrogens with one attached hydrogen (secondary N) is 4. The number of fused-ring (bicyclic) bond motifs is 4. The Morgan fingerprint density at radius 1 is 0.400 bits per heavy atom. The van der Waals surface area contributed by atoms with Crippen molar-refractivity contribution < 1.29 is 28.7 Å². The molecule has 19 nitrogen and oxygen atoms in total. The number of likely N-dealkylation sites (tertiary alicyclic amines) is 1. The van der Waals surface area contributed by atoms with E-state index in [2.05, 4.69) is 240 Å². The van der Waals surface area contributed by atoms with Gasteiger partial charge >= 0.3 is 5.97 Å². The van der Waals surface area contributed by atoms with Crippen molar-refractivity contribution in [2.24, 2.45) is 5.92 Å². The van der Waals surface area contributed by atoms with Crippen LogP contribution in [0, 0.1) is 38.0 Å². The van der Waals surface area contributed by atoms with Crippen molar-refractivity contribution in [3.63, 3.8) is 0 Å². The molecule has 3 aliphatic carbocycles. The van der Waals surface area contributed by atoms with Gasteiger partial charge in [0.25, 0.3) is 0 Å². The van der Waals surface area contributed by atoms with Crippen LogP contribution >= 0.6 is 0 Å². The molecule has 1 saturated heterocycles. The van der Waals surface area contributed by atoms with Gasteiger partial charge in [-0.15, -0.1) is 0 Å². The van der Waals surface area contributed by atoms with Gasteiger partial charge in [0.05, 0.1) is 18.7 Å². The van der Waals surface area contributed by atoms with E-state index in [1.807, 2.05) is 76.3 Å². The van der Waals surface area contributed by atoms with E-state index in [0.717, 1.165) is 131 Å². The highest BCUT2D eigenvalue weighted by molar-refractivity contribution is 5.98. The SMILES string of the molecule is CCN(CCNC(=O)Cn1ccc2ccc(-c3ccc(C)cc3)cc21)C1CCCCC1.CN(CCNC(=O)Cn1ccc2ccc(-c3ccc(C#N)cc3)cc21)C1CCCCC1.COC(=O)c1cc2ccc(-c3ccc(C)cc3)cc2n1CC(=O)NCCN(C)C1CCCCC1.Cc1ccc(-c2ccc3ccn(CC(=O)NCCN4CCC(C)CC4)c3c2)cc1. The van der Waals surface area contributed by atoms with Crippen LogP contribution in [-0.4, -0.2) is 179 Å². The van der Waals surface area contributed by atoms with Gasteiger partial charge in [0.15, 0.2) is 0 Å². The van der Waals surface area contributed by atoms with Gasteiger partial charge in [-0.1, -0.05) is 222 Å². The number of carbonyl (C=O) groups is 5. The predicted molar refractivity (Wildman–Crippen MR) is 510 cm³/mol. The van der Waals surface area contributed by atoms with Crippen molar-refractivity contribution in [1.82, 2.24) is 59.1 Å². The lowest BCUT2D eigenvalue weighted by molar-refractivity contribution is -0.122. The van der Waals surface area contributed by atoms with Crippen LogP contribution in [0.2, 0.25) is 0 Å². The molecule has 0 radical (unpaired) electrons. The first kappa shape index (κ1) is 91.3. The van der Waals surface area contributed by atoms with Gasteiger partial charge < -0.3 is 59.0 Å². The van der Waals surface area contributed by atoms with Crippen LogP contribution in [-0.2, 0) is 50.1 Å². The summed E-state index contributed by atoms with van der Waals surface area (Å²) >= 11 is 0. The van der Waals surface area contributed by atoms with E-state index in [4.69, 9.17) is 10.00 Å². The second kappa shape index (κ2) is 45.5. The fourth-order valence-electron chi connectivity index (χ4n) is 18.4. The fraction of sp³-hybridized carbons (Fsp3) is 0.415. The first-order chi connectivity index (χ1) is 60.8. The van der Waals surface area contributed by atoms with Crippen molar-refractivity contribution in [3.8, 4) is 50.6 Å². The summed E-state index contributed by atoms with van der Waals surface area (Å²) in [7, 11) is 5.68. The number of nitriles is 1. The maximum Gasteiger partial charge on any atom is 0.354 e. The van der Waals surface area contributed by atoms with Crippen molar-refractivity contribution >= 4 is 73.2 Å². The van der Waals surface area contributed by atoms with Crippen LogP contribution in [0.5, 0.6) is 0 Å². The number of nitrogens with zero attached hydrogens (tertiary/aromatic N) is 9. The smallest absolute Gasteiger partial charge is 0.354 e. The molecule has 0 atom stereocenters. The summed E-state index contributed by atoms with van der Waals surface area (Å²) in [5.41, 5.74) is 17.9. The molecule has 0 spiro atoms. The van der Waals surface area contributed by atoms with Gasteiger partial charge in [-0.25, -0.2) is 4.79 Å². The van der Waals surface area contributed by atoms with Gasteiger partial charge in [-0.2, -0.15) is 5.26 Å². The zero-order valence-corrected chi connectivity index (χ0v) is 75.1. The van der Waals surface area contributed by atoms with Crippen LogP contribution in [0.15, 0.2) is 213 Å². The summed E-state index contributed by atoms with van der Waals surface area (Å²) in [5.74, 6) is 0.482. The summed E-state index contributed by atoms with van der Waals surface area (Å²) in [5, 5.41) is 25.7. The molecule has 5 heterocycles. The van der Waals surface area contributed by atoms with Crippen LogP contribution in [0.4, 0.5) is 0 Å². The molecule has 1 aliphatic heterocycles. The second-order valence-electron chi connectivity index (χ2n) is 35.2. The van der Waals surface area contributed by atoms with Crippen molar-refractivity contribution in [2.45, 2.75) is 188 Å². The van der Waals surface area contributed by atoms with Crippen molar-refractivity contribution in [3.05, 3.63) is 241 Å². The Balaban J connectivity index is 0.000000143. The zero-order chi connectivity index (χ0) is 87.6. The number of hydrogen-bond donors (Lipinski definition) is 4. The van der Waals surface area contributed by atoms with Crippen LogP contribution in [0.1, 0.15) is 156 Å². The minimum absolute atomic E-state index is 0.0401. The lowest BCUT2D eigenvalue weighted by Crippen LogP contribution is -2.42. The van der Waals surface area contributed by atoms with Crippen molar-refractivity contribution in [1.29, 1.82) is 5.26 Å². The Morgan fingerprint density at radius 2 is 0.744 bits per heavy atom. The lowest BCUT2D eigenvalue weighted by atomic mass is 9.94. The number of esters is 1. The van der Waals surface area contributed by atoms with Crippen LogP contribution in [0.3, 0.4) is 0 Å². The second-order valence-corrected chi connectivity index (χ2v) is 35.2. The quantitative estimate of drug-likeness (QED) is 0.0325. The highest BCUT2D eigenvalue weighted by atomic mass is 16.5. The van der Waals surface area contributed by atoms with Gasteiger partial charge in [-0.05, 0) is 233 Å². The van der Waals surface area contributed by atoms with Crippen LogP contribution in [0.25, 0.3) is 88.1 Å². The average molecular weight is 1680 g/mol. The molecule has 125 heavy (non-hydrogen) atoms. The number of aromatic nitrogens is 4. The molecule has 16 rings (SSSR count). The molecule has 656 valence electrons. The maximum absolute atomic E-state index is 12.9. The lowest BCUT2D eigenvalue weighted by Gasteiger charge is -2.33.